The van der Waals surface area contributed by atoms with Crippen molar-refractivity contribution in [2.24, 2.45) is 0 Å². The molecule has 0 spiro atoms. The van der Waals surface area contributed by atoms with E-state index in [9.17, 15) is 0 Å². The number of rotatable bonds is 0. The van der Waals surface area contributed by atoms with Crippen molar-refractivity contribution < 1.29 is 4.42 Å². The molecule has 0 N–H and O–H groups in total. The van der Waals surface area contributed by atoms with Crippen LogP contribution >= 0.6 is 22.6 Å². The summed E-state index contributed by atoms with van der Waals surface area (Å²) in [7, 11) is 0. The zero-order chi connectivity index (χ0) is 7.84. The van der Waals surface area contributed by atoms with Crippen LogP contribution in [0.2, 0.25) is 0 Å². The normalized spacial score (nSPS) is 10.7. The van der Waals surface area contributed by atoms with Crippen LogP contribution in [-0.4, -0.2) is 0 Å². The summed E-state index contributed by atoms with van der Waals surface area (Å²) in [5.74, 6) is 0.999. The van der Waals surface area contributed by atoms with E-state index >= 15 is 0 Å². The monoisotopic (exact) mass is 258 g/mol. The van der Waals surface area contributed by atoms with E-state index in [0.29, 0.717) is 0 Å². The molecule has 11 heavy (non-hydrogen) atoms. The fraction of sp³-hybridized carbons (Fsp3) is 0.111. The highest BCUT2D eigenvalue weighted by Crippen LogP contribution is 2.24. The lowest BCUT2D eigenvalue weighted by atomic mass is 10.2. The van der Waals surface area contributed by atoms with E-state index in [1.807, 2.05) is 19.3 Å². The quantitative estimate of drug-likeness (QED) is 0.660. The van der Waals surface area contributed by atoms with E-state index in [0.717, 1.165) is 5.76 Å². The van der Waals surface area contributed by atoms with Crippen molar-refractivity contribution in [2.75, 3.05) is 0 Å². The fourth-order valence-electron chi connectivity index (χ4n) is 1.17. The van der Waals surface area contributed by atoms with Crippen LogP contribution in [0, 0.1) is 10.5 Å². The second kappa shape index (κ2) is 2.52. The van der Waals surface area contributed by atoms with Crippen molar-refractivity contribution in [1.82, 2.24) is 0 Å². The van der Waals surface area contributed by atoms with E-state index in [-0.39, 0.29) is 0 Å². The number of halogens is 1. The second-order valence-electron chi connectivity index (χ2n) is 2.49. The molecule has 1 aromatic carbocycles. The largest absolute Gasteiger partial charge is 0.468 e. The maximum absolute atomic E-state index is 5.29. The maximum atomic E-state index is 5.29. The first-order chi connectivity index (χ1) is 5.29. The maximum Gasteiger partial charge on any atom is 0.108 e. The summed E-state index contributed by atoms with van der Waals surface area (Å²) in [5.41, 5.74) is 0. The molecule has 1 nitrogen and oxygen atoms in total. The molecule has 0 atom stereocenters. The minimum absolute atomic E-state index is 0.999. The van der Waals surface area contributed by atoms with E-state index in [2.05, 4.69) is 34.7 Å². The highest BCUT2D eigenvalue weighted by atomic mass is 127. The SMILES string of the molecule is Cc1occ2c(I)cccc12. The summed E-state index contributed by atoms with van der Waals surface area (Å²) in [6, 6.07) is 6.21. The molecule has 56 valence electrons. The number of hydrogen-bond acceptors (Lipinski definition) is 1. The summed E-state index contributed by atoms with van der Waals surface area (Å²) in [4.78, 5) is 0. The molecule has 2 heteroatoms. The molecule has 1 aromatic heterocycles. The first-order valence-electron chi connectivity index (χ1n) is 3.41. The smallest absolute Gasteiger partial charge is 0.108 e. The van der Waals surface area contributed by atoms with Crippen molar-refractivity contribution in [3.8, 4) is 0 Å². The molecule has 2 rings (SSSR count). The van der Waals surface area contributed by atoms with Gasteiger partial charge in [0.2, 0.25) is 0 Å². The molecule has 1 heterocycles. The van der Waals surface area contributed by atoms with E-state index < -0.39 is 0 Å². The molecular formula is C9H7IO. The molecule has 0 aliphatic carbocycles. The van der Waals surface area contributed by atoms with E-state index in [4.69, 9.17) is 4.42 Å². The van der Waals surface area contributed by atoms with Crippen molar-refractivity contribution in [2.45, 2.75) is 6.92 Å². The molecule has 0 bridgehead atoms. The van der Waals surface area contributed by atoms with Crippen LogP contribution in [0.4, 0.5) is 0 Å². The van der Waals surface area contributed by atoms with Gasteiger partial charge in [0.05, 0.1) is 6.26 Å². The number of aryl methyl sites for hydroxylation is 1. The summed E-state index contributed by atoms with van der Waals surface area (Å²) >= 11 is 2.31. The first-order valence-corrected chi connectivity index (χ1v) is 4.49. The molecule has 0 aliphatic heterocycles. The van der Waals surface area contributed by atoms with Crippen molar-refractivity contribution in [3.05, 3.63) is 33.8 Å². The Hall–Kier alpha value is -0.510. The molecule has 2 aromatic rings. The Balaban J connectivity index is 2.94. The van der Waals surface area contributed by atoms with Gasteiger partial charge >= 0.3 is 0 Å². The van der Waals surface area contributed by atoms with Crippen LogP contribution in [0.5, 0.6) is 0 Å². The van der Waals surface area contributed by atoms with Gasteiger partial charge in [-0.2, -0.15) is 0 Å². The fourth-order valence-corrected chi connectivity index (χ4v) is 1.80. The number of furan rings is 1. The lowest BCUT2D eigenvalue weighted by Crippen LogP contribution is -1.71. The Morgan fingerprint density at radius 3 is 2.82 bits per heavy atom. The summed E-state index contributed by atoms with van der Waals surface area (Å²) < 4.78 is 6.54. The van der Waals surface area contributed by atoms with Gasteiger partial charge < -0.3 is 4.42 Å². The van der Waals surface area contributed by atoms with Gasteiger partial charge in [0.25, 0.3) is 0 Å². The molecule has 0 unspecified atom stereocenters. The van der Waals surface area contributed by atoms with Crippen LogP contribution in [0.25, 0.3) is 10.8 Å². The Bertz CT molecular complexity index is 389. The minimum atomic E-state index is 0.999. The molecule has 0 amide bonds. The van der Waals surface area contributed by atoms with Gasteiger partial charge in [0.1, 0.15) is 5.76 Å². The van der Waals surface area contributed by atoms with Gasteiger partial charge in [-0.1, -0.05) is 12.1 Å². The molecule has 0 saturated heterocycles. The van der Waals surface area contributed by atoms with Gasteiger partial charge in [-0.05, 0) is 35.6 Å². The van der Waals surface area contributed by atoms with Crippen LogP contribution in [0.3, 0.4) is 0 Å². The third-order valence-electron chi connectivity index (χ3n) is 1.79. The van der Waals surface area contributed by atoms with Crippen LogP contribution in [-0.2, 0) is 0 Å². The third-order valence-corrected chi connectivity index (χ3v) is 2.73. The van der Waals surface area contributed by atoms with Crippen molar-refractivity contribution in [3.63, 3.8) is 0 Å². The highest BCUT2D eigenvalue weighted by Gasteiger charge is 2.02. The van der Waals surface area contributed by atoms with Crippen molar-refractivity contribution >= 4 is 33.4 Å². The Morgan fingerprint density at radius 2 is 2.09 bits per heavy atom. The van der Waals surface area contributed by atoms with E-state index in [1.165, 1.54) is 14.3 Å². The van der Waals surface area contributed by atoms with Gasteiger partial charge in [-0.15, -0.1) is 0 Å². The van der Waals surface area contributed by atoms with Gasteiger partial charge in [0, 0.05) is 14.3 Å². The standard InChI is InChI=1S/C9H7IO/c1-6-7-3-2-4-9(10)8(7)5-11-6/h2-5H,1H3. The second-order valence-corrected chi connectivity index (χ2v) is 3.66. The summed E-state index contributed by atoms with van der Waals surface area (Å²) in [5, 5.41) is 2.43. The van der Waals surface area contributed by atoms with Crippen LogP contribution < -0.4 is 0 Å². The Labute approximate surface area is 78.5 Å². The number of hydrogen-bond donors (Lipinski definition) is 0. The lowest BCUT2D eigenvalue weighted by Gasteiger charge is -1.90. The Kier molecular flexibility index (Phi) is 1.64. The minimum Gasteiger partial charge on any atom is -0.468 e. The molecule has 0 saturated carbocycles. The van der Waals surface area contributed by atoms with Gasteiger partial charge in [-0.3, -0.25) is 0 Å². The Morgan fingerprint density at radius 1 is 1.27 bits per heavy atom. The van der Waals surface area contributed by atoms with Crippen LogP contribution in [0.1, 0.15) is 5.76 Å². The predicted molar refractivity (Wildman–Crippen MR) is 53.7 cm³/mol. The average molecular weight is 258 g/mol. The first kappa shape index (κ1) is 7.16. The van der Waals surface area contributed by atoms with Gasteiger partial charge in [0.15, 0.2) is 0 Å². The number of benzene rings is 1. The molecule has 0 fully saturated rings. The lowest BCUT2D eigenvalue weighted by molar-refractivity contribution is 0.539. The third kappa shape index (κ3) is 1.05. The van der Waals surface area contributed by atoms with Crippen molar-refractivity contribution in [1.29, 1.82) is 0 Å². The number of fused-ring (bicyclic) bond motifs is 1. The zero-order valence-electron chi connectivity index (χ0n) is 6.10. The van der Waals surface area contributed by atoms with Gasteiger partial charge in [-0.25, -0.2) is 0 Å². The molecule has 0 radical (unpaired) electrons. The molecule has 0 aliphatic rings. The zero-order valence-corrected chi connectivity index (χ0v) is 8.25. The topological polar surface area (TPSA) is 13.1 Å². The summed E-state index contributed by atoms with van der Waals surface area (Å²) in [6.45, 7) is 1.98. The highest BCUT2D eigenvalue weighted by molar-refractivity contribution is 14.1. The predicted octanol–water partition coefficient (Wildman–Crippen LogP) is 3.35. The average Bonchev–Trinajstić information content (AvgIpc) is 2.35. The molecular weight excluding hydrogens is 251 g/mol. The van der Waals surface area contributed by atoms with Crippen LogP contribution in [0.15, 0.2) is 28.9 Å². The summed E-state index contributed by atoms with van der Waals surface area (Å²) in [6.07, 6.45) is 1.81. The van der Waals surface area contributed by atoms with E-state index in [1.54, 1.807) is 0 Å².